The van der Waals surface area contributed by atoms with Crippen molar-refractivity contribution < 1.29 is 18.8 Å². The lowest BCUT2D eigenvalue weighted by atomic mass is 10.1. The number of furan rings is 1. The van der Waals surface area contributed by atoms with Crippen LogP contribution in [-0.2, 0) is 27.4 Å². The van der Waals surface area contributed by atoms with Crippen molar-refractivity contribution in [3.05, 3.63) is 35.3 Å². The van der Waals surface area contributed by atoms with Crippen molar-refractivity contribution in [2.75, 3.05) is 7.11 Å². The number of carbonyl (C=O) groups is 1. The van der Waals surface area contributed by atoms with Gasteiger partial charge in [0, 0.05) is 0 Å². The number of nitrogens with zero attached hydrogens (tertiary/aromatic N) is 1. The monoisotopic (exact) mass is 329 g/mol. The molecule has 0 bridgehead atoms. The number of terminal acetylenes is 1. The predicted octanol–water partition coefficient (Wildman–Crippen LogP) is 3.35. The van der Waals surface area contributed by atoms with Crippen molar-refractivity contribution in [1.29, 1.82) is 0 Å². The average molecular weight is 329 g/mol. The van der Waals surface area contributed by atoms with Crippen LogP contribution < -0.4 is 0 Å². The molecule has 0 radical (unpaired) electrons. The Morgan fingerprint density at radius 3 is 2.83 bits per heavy atom. The standard InChI is InChI=1S/C19H23NO4/c1-6-7-14-8-9-15(24-14)12-23-18(21)17-16(19(17,3)4)10-13(2)11-20-22-5/h1,8-11,16-17H,7,12H2,2-5H3. The number of esters is 1. The van der Waals surface area contributed by atoms with Crippen molar-refractivity contribution in [3.8, 4) is 12.3 Å². The summed E-state index contributed by atoms with van der Waals surface area (Å²) in [5.41, 5.74) is 0.826. The molecule has 5 heteroatoms. The van der Waals surface area contributed by atoms with Gasteiger partial charge in [-0.25, -0.2) is 0 Å². The number of hydrogen-bond donors (Lipinski definition) is 0. The first-order valence-electron chi connectivity index (χ1n) is 7.82. The van der Waals surface area contributed by atoms with Crippen LogP contribution >= 0.6 is 0 Å². The molecule has 0 N–H and O–H groups in total. The van der Waals surface area contributed by atoms with Crippen LogP contribution in [0.2, 0.25) is 0 Å². The van der Waals surface area contributed by atoms with Gasteiger partial charge in [0.15, 0.2) is 0 Å². The van der Waals surface area contributed by atoms with E-state index in [2.05, 4.69) is 29.8 Å². The van der Waals surface area contributed by atoms with Crippen molar-refractivity contribution in [1.82, 2.24) is 0 Å². The van der Waals surface area contributed by atoms with Crippen molar-refractivity contribution in [2.45, 2.75) is 33.8 Å². The largest absolute Gasteiger partial charge is 0.461 e. The molecule has 0 spiro atoms. The Labute approximate surface area is 142 Å². The first-order valence-corrected chi connectivity index (χ1v) is 7.82. The summed E-state index contributed by atoms with van der Waals surface area (Å²) in [5.74, 6) is 3.56. The summed E-state index contributed by atoms with van der Waals surface area (Å²) in [6.45, 7) is 6.16. The summed E-state index contributed by atoms with van der Waals surface area (Å²) in [6.07, 6.45) is 9.33. The lowest BCUT2D eigenvalue weighted by Crippen LogP contribution is -2.10. The summed E-state index contributed by atoms with van der Waals surface area (Å²) < 4.78 is 10.9. The fourth-order valence-corrected chi connectivity index (χ4v) is 2.83. The molecule has 2 rings (SSSR count). The summed E-state index contributed by atoms with van der Waals surface area (Å²) >= 11 is 0. The second-order valence-electron chi connectivity index (χ2n) is 6.51. The average Bonchev–Trinajstić information content (AvgIpc) is 2.86. The molecule has 1 aliphatic rings. The van der Waals surface area contributed by atoms with Gasteiger partial charge >= 0.3 is 5.97 Å². The Bertz CT molecular complexity index is 690. The van der Waals surface area contributed by atoms with Gasteiger partial charge < -0.3 is 14.0 Å². The molecule has 0 aliphatic heterocycles. The molecule has 24 heavy (non-hydrogen) atoms. The molecular formula is C19H23NO4. The van der Waals surface area contributed by atoms with Crippen molar-refractivity contribution in [3.63, 3.8) is 0 Å². The van der Waals surface area contributed by atoms with Crippen LogP contribution in [0.1, 0.15) is 32.3 Å². The first kappa shape index (κ1) is 17.9. The van der Waals surface area contributed by atoms with Gasteiger partial charge in [0.25, 0.3) is 0 Å². The third kappa shape index (κ3) is 4.08. The van der Waals surface area contributed by atoms with Gasteiger partial charge in [0.05, 0.1) is 18.6 Å². The molecule has 1 heterocycles. The number of ether oxygens (including phenoxy) is 1. The Morgan fingerprint density at radius 2 is 2.17 bits per heavy atom. The van der Waals surface area contributed by atoms with Crippen LogP contribution in [0.3, 0.4) is 0 Å². The molecular weight excluding hydrogens is 306 g/mol. The quantitative estimate of drug-likeness (QED) is 0.333. The molecule has 1 aromatic rings. The Hall–Kier alpha value is -2.48. The topological polar surface area (TPSA) is 61.0 Å². The van der Waals surface area contributed by atoms with E-state index in [9.17, 15) is 4.79 Å². The first-order chi connectivity index (χ1) is 11.4. The highest BCUT2D eigenvalue weighted by atomic mass is 16.6. The third-order valence-electron chi connectivity index (χ3n) is 4.32. The van der Waals surface area contributed by atoms with E-state index in [0.717, 1.165) is 5.57 Å². The van der Waals surface area contributed by atoms with E-state index >= 15 is 0 Å². The zero-order valence-electron chi connectivity index (χ0n) is 14.5. The maximum atomic E-state index is 12.3. The fraction of sp³-hybridized carbons (Fsp3) is 0.474. The molecule has 1 saturated carbocycles. The minimum atomic E-state index is -0.215. The molecule has 1 aromatic heterocycles. The molecule has 5 nitrogen and oxygen atoms in total. The molecule has 1 aliphatic carbocycles. The van der Waals surface area contributed by atoms with E-state index in [1.54, 1.807) is 18.3 Å². The highest BCUT2D eigenvalue weighted by Gasteiger charge is 2.61. The van der Waals surface area contributed by atoms with Crippen LogP contribution in [0.5, 0.6) is 0 Å². The van der Waals surface area contributed by atoms with E-state index in [1.165, 1.54) is 7.11 Å². The Kier molecular flexibility index (Phi) is 5.50. The lowest BCUT2D eigenvalue weighted by Gasteiger charge is -2.03. The smallest absolute Gasteiger partial charge is 0.310 e. The van der Waals surface area contributed by atoms with E-state index in [-0.39, 0.29) is 29.8 Å². The van der Waals surface area contributed by atoms with Gasteiger partial charge in [-0.3, -0.25) is 4.79 Å². The molecule has 0 aromatic carbocycles. The number of carbonyl (C=O) groups excluding carboxylic acids is 1. The van der Waals surface area contributed by atoms with Gasteiger partial charge in [0.2, 0.25) is 0 Å². The van der Waals surface area contributed by atoms with Crippen LogP contribution in [0, 0.1) is 29.6 Å². The maximum absolute atomic E-state index is 12.3. The van der Waals surface area contributed by atoms with Crippen molar-refractivity contribution in [2.24, 2.45) is 22.4 Å². The van der Waals surface area contributed by atoms with E-state index in [4.69, 9.17) is 15.6 Å². The number of oxime groups is 1. The van der Waals surface area contributed by atoms with Crippen LogP contribution in [0.25, 0.3) is 0 Å². The Morgan fingerprint density at radius 1 is 1.46 bits per heavy atom. The number of hydrogen-bond acceptors (Lipinski definition) is 5. The minimum absolute atomic E-state index is 0.122. The van der Waals surface area contributed by atoms with E-state index < -0.39 is 0 Å². The molecule has 128 valence electrons. The lowest BCUT2D eigenvalue weighted by molar-refractivity contribution is -0.148. The zero-order chi connectivity index (χ0) is 17.7. The Balaban J connectivity index is 1.92. The second kappa shape index (κ2) is 7.39. The van der Waals surface area contributed by atoms with Gasteiger partial charge in [0.1, 0.15) is 25.2 Å². The van der Waals surface area contributed by atoms with Crippen LogP contribution in [-0.4, -0.2) is 19.3 Å². The third-order valence-corrected chi connectivity index (χ3v) is 4.32. The normalized spacial score (nSPS) is 22.2. The summed E-state index contributed by atoms with van der Waals surface area (Å²) in [4.78, 5) is 17.0. The molecule has 2 atom stereocenters. The molecule has 1 fully saturated rings. The summed E-state index contributed by atoms with van der Waals surface area (Å²) in [6, 6.07) is 3.58. The van der Waals surface area contributed by atoms with Gasteiger partial charge in [-0.05, 0) is 36.0 Å². The predicted molar refractivity (Wildman–Crippen MR) is 91.1 cm³/mol. The van der Waals surface area contributed by atoms with Gasteiger partial charge in [-0.2, -0.15) is 0 Å². The fourth-order valence-electron chi connectivity index (χ4n) is 2.83. The maximum Gasteiger partial charge on any atom is 0.310 e. The van der Waals surface area contributed by atoms with Gasteiger partial charge in [-0.1, -0.05) is 31.0 Å². The molecule has 0 saturated heterocycles. The zero-order valence-corrected chi connectivity index (χ0v) is 14.5. The number of rotatable bonds is 7. The molecule has 2 unspecified atom stereocenters. The van der Waals surface area contributed by atoms with E-state index in [1.807, 2.05) is 13.0 Å². The SMILES string of the molecule is C#CCc1ccc(COC(=O)C2C(C=C(C)C=NOC)C2(C)C)o1. The van der Waals surface area contributed by atoms with Crippen LogP contribution in [0.4, 0.5) is 0 Å². The summed E-state index contributed by atoms with van der Waals surface area (Å²) in [5, 5.41) is 3.73. The second-order valence-corrected chi connectivity index (χ2v) is 6.51. The molecule has 0 amide bonds. The summed E-state index contributed by atoms with van der Waals surface area (Å²) in [7, 11) is 1.49. The number of allylic oxidation sites excluding steroid dienone is 2. The minimum Gasteiger partial charge on any atom is -0.461 e. The van der Waals surface area contributed by atoms with Crippen LogP contribution in [0.15, 0.2) is 33.4 Å². The van der Waals surface area contributed by atoms with E-state index in [0.29, 0.717) is 17.9 Å². The highest BCUT2D eigenvalue weighted by molar-refractivity contribution is 5.81. The highest BCUT2D eigenvalue weighted by Crippen LogP contribution is 2.59. The van der Waals surface area contributed by atoms with Gasteiger partial charge in [-0.15, -0.1) is 6.42 Å². The van der Waals surface area contributed by atoms with Crippen molar-refractivity contribution >= 4 is 12.2 Å².